The molecule has 120 valence electrons. The average Bonchev–Trinajstić information content (AvgIpc) is 2.59. The maximum absolute atomic E-state index is 12.4. The third kappa shape index (κ3) is 3.94. The van der Waals surface area contributed by atoms with Gasteiger partial charge < -0.3 is 10.6 Å². The van der Waals surface area contributed by atoms with E-state index in [-0.39, 0.29) is 5.91 Å². The van der Waals surface area contributed by atoms with Gasteiger partial charge in [-0.1, -0.05) is 41.4 Å². The summed E-state index contributed by atoms with van der Waals surface area (Å²) in [5.74, 6) is -0.176. The molecule has 3 rings (SSSR count). The summed E-state index contributed by atoms with van der Waals surface area (Å²) < 4.78 is 0. The number of aryl methyl sites for hydroxylation is 1. The first-order chi connectivity index (χ1) is 11.6. The number of rotatable bonds is 4. The first-order valence-electron chi connectivity index (χ1n) is 7.61. The summed E-state index contributed by atoms with van der Waals surface area (Å²) in [6.07, 6.45) is 0. The molecule has 0 saturated carbocycles. The van der Waals surface area contributed by atoms with Crippen LogP contribution in [0, 0.1) is 6.92 Å². The second-order valence-corrected chi connectivity index (χ2v) is 5.93. The van der Waals surface area contributed by atoms with Gasteiger partial charge in [0.05, 0.1) is 11.4 Å². The molecular weight excluding hydrogens is 320 g/mol. The van der Waals surface area contributed by atoms with Gasteiger partial charge in [-0.25, -0.2) is 0 Å². The quantitative estimate of drug-likeness (QED) is 0.647. The molecule has 0 radical (unpaired) electrons. The van der Waals surface area contributed by atoms with E-state index >= 15 is 0 Å². The van der Waals surface area contributed by atoms with Crippen molar-refractivity contribution in [1.82, 2.24) is 0 Å². The molecule has 0 aliphatic carbocycles. The van der Waals surface area contributed by atoms with Crippen molar-refractivity contribution in [2.45, 2.75) is 6.92 Å². The summed E-state index contributed by atoms with van der Waals surface area (Å²) >= 11 is 5.86. The van der Waals surface area contributed by atoms with Crippen LogP contribution in [0.2, 0.25) is 5.02 Å². The van der Waals surface area contributed by atoms with Crippen LogP contribution >= 0.6 is 11.6 Å². The van der Waals surface area contributed by atoms with Gasteiger partial charge in [-0.05, 0) is 55.5 Å². The van der Waals surface area contributed by atoms with Crippen LogP contribution in [0.5, 0.6) is 0 Å². The molecule has 2 N–H and O–H groups in total. The lowest BCUT2D eigenvalue weighted by molar-refractivity contribution is 0.102. The van der Waals surface area contributed by atoms with E-state index in [2.05, 4.69) is 10.6 Å². The Labute approximate surface area is 146 Å². The van der Waals surface area contributed by atoms with Gasteiger partial charge in [0, 0.05) is 16.3 Å². The third-order valence-electron chi connectivity index (χ3n) is 3.61. The lowest BCUT2D eigenvalue weighted by Gasteiger charge is -2.13. The molecule has 3 aromatic carbocycles. The van der Waals surface area contributed by atoms with E-state index < -0.39 is 0 Å². The molecule has 0 fully saturated rings. The van der Waals surface area contributed by atoms with Gasteiger partial charge in [0.15, 0.2) is 0 Å². The summed E-state index contributed by atoms with van der Waals surface area (Å²) in [5.41, 5.74) is 4.28. The number of para-hydroxylation sites is 2. The topological polar surface area (TPSA) is 41.1 Å². The van der Waals surface area contributed by atoms with Crippen LogP contribution in [0.15, 0.2) is 72.8 Å². The summed E-state index contributed by atoms with van der Waals surface area (Å²) in [6.45, 7) is 2.05. The molecule has 0 spiro atoms. The van der Waals surface area contributed by atoms with E-state index in [0.717, 1.165) is 17.1 Å². The number of benzene rings is 3. The molecule has 0 unspecified atom stereocenters. The number of carbonyl (C=O) groups excluding carboxylic acids is 1. The van der Waals surface area contributed by atoms with Gasteiger partial charge in [-0.15, -0.1) is 0 Å². The van der Waals surface area contributed by atoms with Crippen molar-refractivity contribution in [3.63, 3.8) is 0 Å². The molecule has 0 aliphatic rings. The monoisotopic (exact) mass is 336 g/mol. The van der Waals surface area contributed by atoms with Crippen LogP contribution < -0.4 is 10.6 Å². The van der Waals surface area contributed by atoms with E-state index in [1.165, 1.54) is 5.56 Å². The zero-order valence-electron chi connectivity index (χ0n) is 13.2. The van der Waals surface area contributed by atoms with Crippen LogP contribution in [0.25, 0.3) is 0 Å². The summed E-state index contributed by atoms with van der Waals surface area (Å²) in [7, 11) is 0. The van der Waals surface area contributed by atoms with Crippen molar-refractivity contribution in [2.75, 3.05) is 10.6 Å². The smallest absolute Gasteiger partial charge is 0.255 e. The highest BCUT2D eigenvalue weighted by atomic mass is 35.5. The minimum absolute atomic E-state index is 0.176. The normalized spacial score (nSPS) is 10.2. The van der Waals surface area contributed by atoms with Crippen molar-refractivity contribution in [3.05, 3.63) is 88.9 Å². The van der Waals surface area contributed by atoms with Crippen LogP contribution in [-0.2, 0) is 0 Å². The minimum atomic E-state index is -0.176. The predicted octanol–water partition coefficient (Wildman–Crippen LogP) is 5.64. The summed E-state index contributed by atoms with van der Waals surface area (Å²) in [4.78, 5) is 12.4. The van der Waals surface area contributed by atoms with Crippen LogP contribution in [0.3, 0.4) is 0 Å². The van der Waals surface area contributed by atoms with Gasteiger partial charge in [0.25, 0.3) is 5.91 Å². The second-order valence-electron chi connectivity index (χ2n) is 5.50. The number of hydrogen-bond acceptors (Lipinski definition) is 2. The molecule has 1 amide bonds. The van der Waals surface area contributed by atoms with E-state index in [4.69, 9.17) is 11.6 Å². The van der Waals surface area contributed by atoms with Gasteiger partial charge >= 0.3 is 0 Å². The molecule has 0 heterocycles. The first-order valence-corrected chi connectivity index (χ1v) is 7.99. The maximum Gasteiger partial charge on any atom is 0.255 e. The highest BCUT2D eigenvalue weighted by Gasteiger charge is 2.09. The molecule has 0 bridgehead atoms. The molecule has 0 aliphatic heterocycles. The van der Waals surface area contributed by atoms with Crippen LogP contribution in [-0.4, -0.2) is 5.91 Å². The number of amides is 1. The highest BCUT2D eigenvalue weighted by Crippen LogP contribution is 2.26. The number of hydrogen-bond donors (Lipinski definition) is 2. The van der Waals surface area contributed by atoms with Gasteiger partial charge in [-0.2, -0.15) is 0 Å². The Kier molecular flexibility index (Phi) is 4.82. The standard InChI is InChI=1S/C20H17ClN2O/c1-14-6-12-17(13-7-14)22-18-4-2-3-5-19(18)23-20(24)15-8-10-16(21)11-9-15/h2-13,22H,1H3,(H,23,24). The van der Waals surface area contributed by atoms with Gasteiger partial charge in [-0.3, -0.25) is 4.79 Å². The van der Waals surface area contributed by atoms with E-state index in [9.17, 15) is 4.79 Å². The van der Waals surface area contributed by atoms with Crippen molar-refractivity contribution >= 4 is 34.6 Å². The van der Waals surface area contributed by atoms with Crippen molar-refractivity contribution in [3.8, 4) is 0 Å². The number of anilines is 3. The SMILES string of the molecule is Cc1ccc(Nc2ccccc2NC(=O)c2ccc(Cl)cc2)cc1. The van der Waals surface area contributed by atoms with Crippen LogP contribution in [0.4, 0.5) is 17.1 Å². The Morgan fingerprint density at radius 3 is 2.12 bits per heavy atom. The Hall–Kier alpha value is -2.78. The fraction of sp³-hybridized carbons (Fsp3) is 0.0500. The van der Waals surface area contributed by atoms with E-state index in [1.807, 2.05) is 55.5 Å². The lowest BCUT2D eigenvalue weighted by Crippen LogP contribution is -2.12. The molecule has 3 nitrogen and oxygen atoms in total. The average molecular weight is 337 g/mol. The molecule has 0 aromatic heterocycles. The molecule has 3 aromatic rings. The zero-order chi connectivity index (χ0) is 16.9. The third-order valence-corrected chi connectivity index (χ3v) is 3.86. The van der Waals surface area contributed by atoms with Crippen LogP contribution in [0.1, 0.15) is 15.9 Å². The number of nitrogens with one attached hydrogen (secondary N) is 2. The Morgan fingerprint density at radius 1 is 0.833 bits per heavy atom. The van der Waals surface area contributed by atoms with Gasteiger partial charge in [0.2, 0.25) is 0 Å². The molecule has 0 atom stereocenters. The Balaban J connectivity index is 1.79. The molecule has 4 heteroatoms. The minimum Gasteiger partial charge on any atom is -0.354 e. The van der Waals surface area contributed by atoms with Crippen molar-refractivity contribution < 1.29 is 4.79 Å². The largest absolute Gasteiger partial charge is 0.354 e. The summed E-state index contributed by atoms with van der Waals surface area (Å²) in [5, 5.41) is 6.87. The Morgan fingerprint density at radius 2 is 1.46 bits per heavy atom. The van der Waals surface area contributed by atoms with Crippen molar-refractivity contribution in [1.29, 1.82) is 0 Å². The lowest BCUT2D eigenvalue weighted by atomic mass is 10.2. The fourth-order valence-electron chi connectivity index (χ4n) is 2.29. The zero-order valence-corrected chi connectivity index (χ0v) is 14.0. The predicted molar refractivity (Wildman–Crippen MR) is 100 cm³/mol. The van der Waals surface area contributed by atoms with Gasteiger partial charge in [0.1, 0.15) is 0 Å². The molecular formula is C20H17ClN2O. The first kappa shape index (κ1) is 16.1. The number of carbonyl (C=O) groups is 1. The second kappa shape index (κ2) is 7.20. The van der Waals surface area contributed by atoms with E-state index in [1.54, 1.807) is 24.3 Å². The Bertz CT molecular complexity index is 842. The number of halogens is 1. The van der Waals surface area contributed by atoms with Crippen molar-refractivity contribution in [2.24, 2.45) is 0 Å². The molecule has 0 saturated heterocycles. The fourth-order valence-corrected chi connectivity index (χ4v) is 2.42. The highest BCUT2D eigenvalue weighted by molar-refractivity contribution is 6.30. The maximum atomic E-state index is 12.4. The molecule has 24 heavy (non-hydrogen) atoms. The van der Waals surface area contributed by atoms with E-state index in [0.29, 0.717) is 10.6 Å². The summed E-state index contributed by atoms with van der Waals surface area (Å²) in [6, 6.07) is 22.5.